The molecular formula is C11H20O. The Hall–Kier alpha value is -0.560. The summed E-state index contributed by atoms with van der Waals surface area (Å²) in [7, 11) is 0. The van der Waals surface area contributed by atoms with Crippen molar-refractivity contribution in [3.05, 3.63) is 24.3 Å². The number of allylic oxidation sites excluding steroid dienone is 2. The summed E-state index contributed by atoms with van der Waals surface area (Å²) in [6, 6.07) is 0. The zero-order valence-corrected chi connectivity index (χ0v) is 8.16. The number of hydrogen-bond acceptors (Lipinski definition) is 1. The van der Waals surface area contributed by atoms with Gasteiger partial charge in [0, 0.05) is 0 Å². The highest BCUT2D eigenvalue weighted by Gasteiger charge is 1.96. The maximum absolute atomic E-state index is 9.40. The van der Waals surface area contributed by atoms with Gasteiger partial charge in [-0.05, 0) is 25.7 Å². The SMILES string of the molecule is CCC=CCC(O)CC=CCC. The minimum atomic E-state index is -0.199. The van der Waals surface area contributed by atoms with Gasteiger partial charge in [0.15, 0.2) is 0 Å². The van der Waals surface area contributed by atoms with Crippen LogP contribution >= 0.6 is 0 Å². The Labute approximate surface area is 75.8 Å². The van der Waals surface area contributed by atoms with Gasteiger partial charge in [0.2, 0.25) is 0 Å². The topological polar surface area (TPSA) is 20.2 Å². The van der Waals surface area contributed by atoms with E-state index in [4.69, 9.17) is 0 Å². The molecule has 0 aliphatic rings. The molecule has 12 heavy (non-hydrogen) atoms. The fourth-order valence-corrected chi connectivity index (χ4v) is 0.936. The van der Waals surface area contributed by atoms with Crippen molar-refractivity contribution in [1.82, 2.24) is 0 Å². The van der Waals surface area contributed by atoms with Crippen LogP contribution in [0.3, 0.4) is 0 Å². The Kier molecular flexibility index (Phi) is 8.14. The predicted octanol–water partition coefficient (Wildman–Crippen LogP) is 3.06. The number of aliphatic hydroxyl groups excluding tert-OH is 1. The molecule has 0 aromatic rings. The monoisotopic (exact) mass is 168 g/mol. The van der Waals surface area contributed by atoms with E-state index in [0.29, 0.717) is 0 Å². The summed E-state index contributed by atoms with van der Waals surface area (Å²) in [6.45, 7) is 4.19. The highest BCUT2D eigenvalue weighted by atomic mass is 16.3. The normalized spacial score (nSPS) is 14.6. The third-order valence-corrected chi connectivity index (χ3v) is 1.62. The Bertz CT molecular complexity index is 120. The number of rotatable bonds is 6. The second-order valence-electron chi connectivity index (χ2n) is 2.88. The summed E-state index contributed by atoms with van der Waals surface area (Å²) in [5.41, 5.74) is 0. The van der Waals surface area contributed by atoms with E-state index < -0.39 is 0 Å². The molecule has 0 aromatic heterocycles. The summed E-state index contributed by atoms with van der Waals surface area (Å²) in [4.78, 5) is 0. The lowest BCUT2D eigenvalue weighted by Gasteiger charge is -2.02. The van der Waals surface area contributed by atoms with Gasteiger partial charge in [0.05, 0.1) is 6.10 Å². The van der Waals surface area contributed by atoms with Crippen LogP contribution in [0, 0.1) is 0 Å². The van der Waals surface area contributed by atoms with E-state index in [2.05, 4.69) is 26.0 Å². The summed E-state index contributed by atoms with van der Waals surface area (Å²) < 4.78 is 0. The van der Waals surface area contributed by atoms with E-state index in [9.17, 15) is 5.11 Å². The van der Waals surface area contributed by atoms with Crippen LogP contribution in [0.1, 0.15) is 39.5 Å². The summed E-state index contributed by atoms with van der Waals surface area (Å²) in [5, 5.41) is 9.40. The second kappa shape index (κ2) is 8.54. The highest BCUT2D eigenvalue weighted by molar-refractivity contribution is 4.88. The van der Waals surface area contributed by atoms with Crippen molar-refractivity contribution >= 4 is 0 Å². The molecule has 70 valence electrons. The number of hydrogen-bond donors (Lipinski definition) is 1. The second-order valence-corrected chi connectivity index (χ2v) is 2.88. The van der Waals surface area contributed by atoms with Crippen molar-refractivity contribution in [2.45, 2.75) is 45.6 Å². The standard InChI is InChI=1S/C11H20O/c1-3-5-7-9-11(12)10-8-6-4-2/h5-8,11-12H,3-4,9-10H2,1-2H3. The zero-order valence-electron chi connectivity index (χ0n) is 8.16. The molecule has 0 spiro atoms. The van der Waals surface area contributed by atoms with Crippen LogP contribution in [0.5, 0.6) is 0 Å². The van der Waals surface area contributed by atoms with E-state index in [0.717, 1.165) is 25.7 Å². The van der Waals surface area contributed by atoms with E-state index in [-0.39, 0.29) is 6.10 Å². The van der Waals surface area contributed by atoms with E-state index >= 15 is 0 Å². The highest BCUT2D eigenvalue weighted by Crippen LogP contribution is 2.01. The molecule has 0 fully saturated rings. The first-order valence-corrected chi connectivity index (χ1v) is 4.79. The van der Waals surface area contributed by atoms with Gasteiger partial charge in [-0.3, -0.25) is 0 Å². The fraction of sp³-hybridized carbons (Fsp3) is 0.636. The van der Waals surface area contributed by atoms with Crippen molar-refractivity contribution in [3.63, 3.8) is 0 Å². The molecule has 0 aromatic carbocycles. The van der Waals surface area contributed by atoms with Gasteiger partial charge in [-0.25, -0.2) is 0 Å². The van der Waals surface area contributed by atoms with Crippen LogP contribution in [0.15, 0.2) is 24.3 Å². The molecule has 1 heteroatoms. The van der Waals surface area contributed by atoms with Crippen LogP contribution in [-0.4, -0.2) is 11.2 Å². The largest absolute Gasteiger partial charge is 0.392 e. The Morgan fingerprint density at radius 1 is 0.917 bits per heavy atom. The lowest BCUT2D eigenvalue weighted by Crippen LogP contribution is -2.02. The first kappa shape index (κ1) is 11.4. The molecule has 0 saturated heterocycles. The van der Waals surface area contributed by atoms with Crippen LogP contribution < -0.4 is 0 Å². The summed E-state index contributed by atoms with van der Waals surface area (Å²) in [6.07, 6.45) is 11.7. The van der Waals surface area contributed by atoms with E-state index in [1.54, 1.807) is 0 Å². The molecule has 1 N–H and O–H groups in total. The average Bonchev–Trinajstić information content (AvgIpc) is 2.06. The van der Waals surface area contributed by atoms with Crippen molar-refractivity contribution in [1.29, 1.82) is 0 Å². The van der Waals surface area contributed by atoms with Crippen molar-refractivity contribution in [3.8, 4) is 0 Å². The van der Waals surface area contributed by atoms with Gasteiger partial charge in [0.25, 0.3) is 0 Å². The molecule has 0 aliphatic carbocycles. The third kappa shape index (κ3) is 7.55. The molecule has 1 nitrogen and oxygen atoms in total. The van der Waals surface area contributed by atoms with Gasteiger partial charge >= 0.3 is 0 Å². The quantitative estimate of drug-likeness (QED) is 0.604. The lowest BCUT2D eigenvalue weighted by atomic mass is 10.1. The van der Waals surface area contributed by atoms with Crippen molar-refractivity contribution in [2.24, 2.45) is 0 Å². The van der Waals surface area contributed by atoms with Gasteiger partial charge in [-0.15, -0.1) is 0 Å². The van der Waals surface area contributed by atoms with E-state index in [1.165, 1.54) is 0 Å². The maximum Gasteiger partial charge on any atom is 0.0609 e. The molecule has 0 bridgehead atoms. The Morgan fingerprint density at radius 3 is 1.67 bits per heavy atom. The van der Waals surface area contributed by atoms with Crippen molar-refractivity contribution < 1.29 is 5.11 Å². The zero-order chi connectivity index (χ0) is 9.23. The Balaban J connectivity index is 3.39. The molecule has 0 saturated carbocycles. The summed E-state index contributed by atoms with van der Waals surface area (Å²) >= 11 is 0. The van der Waals surface area contributed by atoms with Gasteiger partial charge < -0.3 is 5.11 Å². The van der Waals surface area contributed by atoms with E-state index in [1.807, 2.05) is 12.2 Å². The van der Waals surface area contributed by atoms with Gasteiger partial charge in [-0.2, -0.15) is 0 Å². The van der Waals surface area contributed by atoms with Crippen LogP contribution in [0.25, 0.3) is 0 Å². The smallest absolute Gasteiger partial charge is 0.0609 e. The fourth-order valence-electron chi connectivity index (χ4n) is 0.936. The molecule has 0 amide bonds. The van der Waals surface area contributed by atoms with Crippen molar-refractivity contribution in [2.75, 3.05) is 0 Å². The summed E-state index contributed by atoms with van der Waals surface area (Å²) in [5.74, 6) is 0. The third-order valence-electron chi connectivity index (χ3n) is 1.62. The Morgan fingerprint density at radius 2 is 1.33 bits per heavy atom. The predicted molar refractivity (Wildman–Crippen MR) is 54.1 cm³/mol. The van der Waals surface area contributed by atoms with Gasteiger partial charge in [0.1, 0.15) is 0 Å². The average molecular weight is 168 g/mol. The minimum Gasteiger partial charge on any atom is -0.392 e. The molecule has 0 rings (SSSR count). The van der Waals surface area contributed by atoms with Crippen LogP contribution in [0.2, 0.25) is 0 Å². The minimum absolute atomic E-state index is 0.199. The number of aliphatic hydroxyl groups is 1. The molecule has 0 radical (unpaired) electrons. The first-order chi connectivity index (χ1) is 5.81. The molecule has 0 heterocycles. The molecule has 0 unspecified atom stereocenters. The van der Waals surface area contributed by atoms with Gasteiger partial charge in [-0.1, -0.05) is 38.2 Å². The molecule has 0 aliphatic heterocycles. The lowest BCUT2D eigenvalue weighted by molar-refractivity contribution is 0.181. The molecule has 0 atom stereocenters. The van der Waals surface area contributed by atoms with Crippen LogP contribution in [-0.2, 0) is 0 Å². The molecular weight excluding hydrogens is 148 g/mol. The maximum atomic E-state index is 9.40. The first-order valence-electron chi connectivity index (χ1n) is 4.79. The van der Waals surface area contributed by atoms with Crippen LogP contribution in [0.4, 0.5) is 0 Å².